The minimum absolute atomic E-state index is 0.0749. The van der Waals surface area contributed by atoms with Crippen LogP contribution in [0.3, 0.4) is 0 Å². The molecule has 0 saturated carbocycles. The molecule has 7 heteroatoms. The van der Waals surface area contributed by atoms with E-state index in [0.717, 1.165) is 29.0 Å². The number of carbonyl (C=O) groups excluding carboxylic acids is 1. The Morgan fingerprint density at radius 2 is 2.00 bits per heavy atom. The zero-order valence-electron chi connectivity index (χ0n) is 14.4. The number of hydrogen-bond donors (Lipinski definition) is 1. The van der Waals surface area contributed by atoms with Crippen LogP contribution >= 0.6 is 11.8 Å². The highest BCUT2D eigenvalue weighted by Crippen LogP contribution is 2.37. The fourth-order valence-electron chi connectivity index (χ4n) is 3.32. The highest BCUT2D eigenvalue weighted by Gasteiger charge is 2.30. The Morgan fingerprint density at radius 3 is 2.85 bits per heavy atom. The number of thioether (sulfide) groups is 1. The number of aryl methyl sites for hydroxylation is 1. The van der Waals surface area contributed by atoms with E-state index in [9.17, 15) is 13.2 Å². The van der Waals surface area contributed by atoms with Crippen molar-refractivity contribution >= 4 is 39.1 Å². The largest absolute Gasteiger partial charge is 0.325 e. The second-order valence-electron chi connectivity index (χ2n) is 6.67. The van der Waals surface area contributed by atoms with Gasteiger partial charge >= 0.3 is 0 Å². The van der Waals surface area contributed by atoms with Gasteiger partial charge in [-0.25, -0.2) is 8.42 Å². The first kappa shape index (κ1) is 17.4. The van der Waals surface area contributed by atoms with Gasteiger partial charge in [-0.1, -0.05) is 25.1 Å². The zero-order valence-corrected chi connectivity index (χ0v) is 16.1. The Balaban J connectivity index is 1.74. The molecule has 0 unspecified atom stereocenters. The Labute approximate surface area is 157 Å². The number of hydrogen-bond acceptors (Lipinski definition) is 4. The molecule has 136 valence electrons. The number of para-hydroxylation sites is 1. The maximum Gasteiger partial charge on any atom is 0.264 e. The Kier molecular flexibility index (Phi) is 4.44. The maximum absolute atomic E-state index is 13.3. The van der Waals surface area contributed by atoms with Crippen molar-refractivity contribution in [1.82, 2.24) is 0 Å². The van der Waals surface area contributed by atoms with E-state index in [1.807, 2.05) is 31.2 Å². The van der Waals surface area contributed by atoms with E-state index >= 15 is 0 Å². The summed E-state index contributed by atoms with van der Waals surface area (Å²) in [6.07, 6.45) is 1.68. The molecule has 2 aromatic carbocycles. The molecule has 4 rings (SSSR count). The molecule has 0 radical (unpaired) electrons. The number of benzene rings is 2. The van der Waals surface area contributed by atoms with E-state index in [1.54, 1.807) is 30.0 Å². The molecule has 1 amide bonds. The van der Waals surface area contributed by atoms with Gasteiger partial charge in [0.2, 0.25) is 5.91 Å². The fraction of sp³-hybridized carbons (Fsp3) is 0.316. The van der Waals surface area contributed by atoms with Crippen LogP contribution in [0.1, 0.15) is 18.9 Å². The summed E-state index contributed by atoms with van der Waals surface area (Å²) in [5.41, 5.74) is 2.38. The minimum atomic E-state index is -3.68. The summed E-state index contributed by atoms with van der Waals surface area (Å²) in [7, 11) is -3.68. The van der Waals surface area contributed by atoms with E-state index in [1.165, 1.54) is 4.31 Å². The smallest absolute Gasteiger partial charge is 0.264 e. The molecule has 0 saturated heterocycles. The molecule has 2 heterocycles. The predicted octanol–water partition coefficient (Wildman–Crippen LogP) is 3.51. The monoisotopic (exact) mass is 388 g/mol. The van der Waals surface area contributed by atoms with Crippen molar-refractivity contribution in [3.8, 4) is 0 Å². The van der Waals surface area contributed by atoms with Crippen LogP contribution in [0.15, 0.2) is 52.3 Å². The van der Waals surface area contributed by atoms with Crippen molar-refractivity contribution in [3.05, 3.63) is 48.0 Å². The number of nitrogens with zero attached hydrogens (tertiary/aromatic N) is 1. The number of fused-ring (bicyclic) bond motifs is 2. The number of amides is 1. The number of rotatable bonds is 2. The minimum Gasteiger partial charge on any atom is -0.325 e. The van der Waals surface area contributed by atoms with E-state index in [4.69, 9.17) is 0 Å². The first-order valence-corrected chi connectivity index (χ1v) is 11.1. The molecular weight excluding hydrogens is 368 g/mol. The molecule has 0 aliphatic carbocycles. The van der Waals surface area contributed by atoms with Gasteiger partial charge in [-0.05, 0) is 42.7 Å². The summed E-state index contributed by atoms with van der Waals surface area (Å²) in [6, 6.07) is 12.7. The lowest BCUT2D eigenvalue weighted by molar-refractivity contribution is -0.118. The first-order valence-electron chi connectivity index (χ1n) is 8.65. The highest BCUT2D eigenvalue weighted by molar-refractivity contribution is 7.99. The Hall–Kier alpha value is -1.99. The third-order valence-corrected chi connectivity index (χ3v) is 7.94. The van der Waals surface area contributed by atoms with Crippen LogP contribution in [0.4, 0.5) is 11.4 Å². The third-order valence-electron chi connectivity index (χ3n) is 4.80. The van der Waals surface area contributed by atoms with Crippen LogP contribution in [0.2, 0.25) is 0 Å². The molecule has 2 aliphatic heterocycles. The second-order valence-corrected chi connectivity index (χ2v) is 9.59. The molecule has 2 aromatic rings. The molecule has 1 atom stereocenters. The second kappa shape index (κ2) is 6.63. The van der Waals surface area contributed by atoms with Gasteiger partial charge in [0.05, 0.1) is 16.3 Å². The van der Waals surface area contributed by atoms with Crippen LogP contribution in [-0.4, -0.2) is 26.6 Å². The van der Waals surface area contributed by atoms with Gasteiger partial charge in [0, 0.05) is 23.1 Å². The normalized spacial score (nSPS) is 20.0. The lowest BCUT2D eigenvalue weighted by Gasteiger charge is -2.30. The van der Waals surface area contributed by atoms with E-state index in [2.05, 4.69) is 5.32 Å². The molecule has 1 N–H and O–H groups in total. The van der Waals surface area contributed by atoms with Gasteiger partial charge < -0.3 is 5.32 Å². The SMILES string of the molecule is C[C@H]1CSc2ccc(S(=O)(=O)N3CCCc4ccccc43)cc2NC1=O. The zero-order chi connectivity index (χ0) is 18.3. The van der Waals surface area contributed by atoms with E-state index in [-0.39, 0.29) is 16.7 Å². The van der Waals surface area contributed by atoms with Gasteiger partial charge in [0.25, 0.3) is 10.0 Å². The van der Waals surface area contributed by atoms with E-state index in [0.29, 0.717) is 18.0 Å². The predicted molar refractivity (Wildman–Crippen MR) is 104 cm³/mol. The van der Waals surface area contributed by atoms with Gasteiger partial charge in [0.1, 0.15) is 0 Å². The highest BCUT2D eigenvalue weighted by atomic mass is 32.2. The maximum atomic E-state index is 13.3. The number of nitrogens with one attached hydrogen (secondary N) is 1. The summed E-state index contributed by atoms with van der Waals surface area (Å²) < 4.78 is 28.0. The third kappa shape index (κ3) is 2.99. The molecule has 0 bridgehead atoms. The van der Waals surface area contributed by atoms with Crippen molar-refractivity contribution in [2.24, 2.45) is 5.92 Å². The van der Waals surface area contributed by atoms with Crippen LogP contribution in [0.5, 0.6) is 0 Å². The summed E-state index contributed by atoms with van der Waals surface area (Å²) in [4.78, 5) is 13.2. The average Bonchev–Trinajstić information content (AvgIpc) is 2.79. The summed E-state index contributed by atoms with van der Waals surface area (Å²) in [5.74, 6) is 0.500. The molecule has 2 aliphatic rings. The lowest BCUT2D eigenvalue weighted by atomic mass is 10.0. The summed E-state index contributed by atoms with van der Waals surface area (Å²) in [5, 5.41) is 2.86. The molecule has 5 nitrogen and oxygen atoms in total. The van der Waals surface area contributed by atoms with Crippen LogP contribution in [0.25, 0.3) is 0 Å². The fourth-order valence-corrected chi connectivity index (χ4v) is 5.89. The standard InChI is InChI=1S/C19H20N2O3S2/c1-13-12-25-18-9-8-15(11-16(18)20-19(13)22)26(23,24)21-10-4-6-14-5-2-3-7-17(14)21/h2-3,5,7-9,11,13H,4,6,10,12H2,1H3,(H,20,22)/t13-/m0/s1. The summed E-state index contributed by atoms with van der Waals surface area (Å²) >= 11 is 1.57. The molecule has 0 aromatic heterocycles. The van der Waals surface area contributed by atoms with Crippen molar-refractivity contribution in [3.63, 3.8) is 0 Å². The van der Waals surface area contributed by atoms with Crippen molar-refractivity contribution < 1.29 is 13.2 Å². The lowest BCUT2D eigenvalue weighted by Crippen LogP contribution is -2.35. The van der Waals surface area contributed by atoms with Crippen molar-refractivity contribution in [2.45, 2.75) is 29.6 Å². The average molecular weight is 389 g/mol. The summed E-state index contributed by atoms with van der Waals surface area (Å²) in [6.45, 7) is 2.34. The number of sulfonamides is 1. The molecule has 26 heavy (non-hydrogen) atoms. The number of carbonyl (C=O) groups is 1. The molecule has 0 spiro atoms. The van der Waals surface area contributed by atoms with Crippen molar-refractivity contribution in [2.75, 3.05) is 21.9 Å². The van der Waals surface area contributed by atoms with Crippen LogP contribution in [0, 0.1) is 5.92 Å². The van der Waals surface area contributed by atoms with Gasteiger partial charge in [-0.2, -0.15) is 0 Å². The van der Waals surface area contributed by atoms with Gasteiger partial charge in [-0.3, -0.25) is 9.10 Å². The molecule has 0 fully saturated rings. The Morgan fingerprint density at radius 1 is 1.19 bits per heavy atom. The van der Waals surface area contributed by atoms with Gasteiger partial charge in [0.15, 0.2) is 0 Å². The molecular formula is C19H20N2O3S2. The quantitative estimate of drug-likeness (QED) is 0.855. The topological polar surface area (TPSA) is 66.5 Å². The van der Waals surface area contributed by atoms with Crippen LogP contribution in [-0.2, 0) is 21.2 Å². The van der Waals surface area contributed by atoms with E-state index < -0.39 is 10.0 Å². The first-order chi connectivity index (χ1) is 12.5. The Bertz CT molecular complexity index is 972. The van der Waals surface area contributed by atoms with Gasteiger partial charge in [-0.15, -0.1) is 11.8 Å². The van der Waals surface area contributed by atoms with Crippen LogP contribution < -0.4 is 9.62 Å². The number of anilines is 2. The van der Waals surface area contributed by atoms with Crippen molar-refractivity contribution in [1.29, 1.82) is 0 Å².